The Morgan fingerprint density at radius 1 is 1.06 bits per heavy atom. The molecule has 1 aromatic heterocycles. The number of hydrogen-bond donors (Lipinski definition) is 3. The van der Waals surface area contributed by atoms with Gasteiger partial charge >= 0.3 is 5.97 Å². The Labute approximate surface area is 188 Å². The molecule has 0 fully saturated rings. The largest absolute Gasteiger partial charge is 0.478 e. The van der Waals surface area contributed by atoms with Crippen molar-refractivity contribution in [1.29, 1.82) is 0 Å². The van der Waals surface area contributed by atoms with Crippen molar-refractivity contribution in [3.8, 4) is 0 Å². The second-order valence-electron chi connectivity index (χ2n) is 6.31. The number of nitrogens with zero attached hydrogens (tertiary/aromatic N) is 1. The minimum atomic E-state index is -1.18. The predicted octanol–water partition coefficient (Wildman–Crippen LogP) is 4.06. The number of non-ortho nitro benzene ring substituents is 1. The van der Waals surface area contributed by atoms with Crippen LogP contribution in [-0.4, -0.2) is 27.8 Å². The first-order valence-electron chi connectivity index (χ1n) is 8.90. The highest BCUT2D eigenvalue weighted by Crippen LogP contribution is 2.18. The van der Waals surface area contributed by atoms with Crippen molar-refractivity contribution >= 4 is 51.2 Å². The summed E-state index contributed by atoms with van der Waals surface area (Å²) in [5.74, 6) is -2.77. The Morgan fingerprint density at radius 3 is 2.47 bits per heavy atom. The Hall–Kier alpha value is -4.25. The number of furan rings is 1. The third-order valence-corrected chi connectivity index (χ3v) is 4.48. The topological polar surface area (TPSA) is 152 Å². The number of aromatic carboxylic acids is 1. The second-order valence-corrected chi connectivity index (χ2v) is 7.09. The van der Waals surface area contributed by atoms with Gasteiger partial charge in [0.05, 0.1) is 10.5 Å². The van der Waals surface area contributed by atoms with Gasteiger partial charge in [0, 0.05) is 17.8 Å². The predicted molar refractivity (Wildman–Crippen MR) is 117 cm³/mol. The van der Waals surface area contributed by atoms with E-state index in [0.29, 0.717) is 4.67 Å². The molecule has 11 heteroatoms. The molecule has 162 valence electrons. The monoisotopic (exact) mass is 499 g/mol. The van der Waals surface area contributed by atoms with Crippen LogP contribution >= 0.6 is 15.9 Å². The molecule has 0 aliphatic heterocycles. The zero-order valence-corrected chi connectivity index (χ0v) is 17.7. The van der Waals surface area contributed by atoms with Gasteiger partial charge in [-0.15, -0.1) is 0 Å². The molecular weight excluding hydrogens is 486 g/mol. The standard InChI is InChI=1S/C21H14BrN3O7/c22-18-8-7-17(32-18)20(27)24-16(10-12-3-1-6-15(9-12)25(30)31)19(26)23-14-5-2-4-13(11-14)21(28)29/h1-11H,(H,23,26)(H,24,27)(H,28,29). The molecule has 0 bridgehead atoms. The number of nitro benzene ring substituents is 1. The van der Waals surface area contributed by atoms with E-state index in [1.165, 1.54) is 66.7 Å². The van der Waals surface area contributed by atoms with Gasteiger partial charge < -0.3 is 20.2 Å². The third kappa shape index (κ3) is 5.67. The molecule has 10 nitrogen and oxygen atoms in total. The first-order valence-corrected chi connectivity index (χ1v) is 9.70. The number of carboxylic acids is 1. The maximum absolute atomic E-state index is 12.9. The minimum Gasteiger partial charge on any atom is -0.478 e. The molecule has 0 unspecified atom stereocenters. The van der Waals surface area contributed by atoms with Crippen LogP contribution in [-0.2, 0) is 4.79 Å². The van der Waals surface area contributed by atoms with E-state index in [2.05, 4.69) is 26.6 Å². The second kappa shape index (κ2) is 9.71. The summed E-state index contributed by atoms with van der Waals surface area (Å²) in [4.78, 5) is 47.0. The fourth-order valence-electron chi connectivity index (χ4n) is 2.60. The number of nitro groups is 1. The van der Waals surface area contributed by atoms with Crippen LogP contribution in [0.25, 0.3) is 6.08 Å². The fourth-order valence-corrected chi connectivity index (χ4v) is 2.91. The first kappa shape index (κ1) is 22.4. The summed E-state index contributed by atoms with van der Waals surface area (Å²) in [5, 5.41) is 25.1. The van der Waals surface area contributed by atoms with Crippen LogP contribution in [0.2, 0.25) is 0 Å². The van der Waals surface area contributed by atoms with Gasteiger partial charge in [0.2, 0.25) is 0 Å². The summed E-state index contributed by atoms with van der Waals surface area (Å²) in [7, 11) is 0. The van der Waals surface area contributed by atoms with Gasteiger partial charge in [-0.1, -0.05) is 18.2 Å². The van der Waals surface area contributed by atoms with Gasteiger partial charge in [0.25, 0.3) is 17.5 Å². The van der Waals surface area contributed by atoms with Gasteiger partial charge in [0.1, 0.15) is 5.70 Å². The number of carbonyl (C=O) groups excluding carboxylic acids is 2. The highest BCUT2D eigenvalue weighted by Gasteiger charge is 2.18. The molecule has 0 atom stereocenters. The molecule has 1 heterocycles. The number of carboxylic acid groups (broad SMARTS) is 1. The number of benzene rings is 2. The number of amides is 2. The molecule has 2 amide bonds. The zero-order chi connectivity index (χ0) is 23.3. The fraction of sp³-hybridized carbons (Fsp3) is 0. The zero-order valence-electron chi connectivity index (χ0n) is 16.1. The molecule has 3 N–H and O–H groups in total. The van der Waals surface area contributed by atoms with Crippen molar-refractivity contribution in [3.63, 3.8) is 0 Å². The quantitative estimate of drug-likeness (QED) is 0.251. The van der Waals surface area contributed by atoms with E-state index in [9.17, 15) is 24.5 Å². The lowest BCUT2D eigenvalue weighted by atomic mass is 10.1. The maximum Gasteiger partial charge on any atom is 0.335 e. The van der Waals surface area contributed by atoms with Gasteiger partial charge in [-0.2, -0.15) is 0 Å². The van der Waals surface area contributed by atoms with Gasteiger partial charge in [-0.05, 0) is 57.9 Å². The van der Waals surface area contributed by atoms with Crippen LogP contribution in [0.3, 0.4) is 0 Å². The third-order valence-electron chi connectivity index (χ3n) is 4.05. The molecule has 3 rings (SSSR count). The van der Waals surface area contributed by atoms with Crippen molar-refractivity contribution in [2.75, 3.05) is 5.32 Å². The lowest BCUT2D eigenvalue weighted by Gasteiger charge is -2.11. The van der Waals surface area contributed by atoms with E-state index in [1.54, 1.807) is 0 Å². The highest BCUT2D eigenvalue weighted by atomic mass is 79.9. The van der Waals surface area contributed by atoms with Crippen LogP contribution in [0.1, 0.15) is 26.5 Å². The van der Waals surface area contributed by atoms with Crippen molar-refractivity contribution in [2.45, 2.75) is 0 Å². The highest BCUT2D eigenvalue weighted by molar-refractivity contribution is 9.10. The molecule has 0 aliphatic carbocycles. The van der Waals surface area contributed by atoms with E-state index in [1.807, 2.05) is 0 Å². The van der Waals surface area contributed by atoms with Crippen molar-refractivity contribution in [3.05, 3.63) is 98.0 Å². The summed E-state index contributed by atoms with van der Waals surface area (Å²) in [6.45, 7) is 0. The molecule has 2 aromatic carbocycles. The van der Waals surface area contributed by atoms with Gasteiger partial charge in [-0.25, -0.2) is 4.79 Å². The summed E-state index contributed by atoms with van der Waals surface area (Å²) in [5.41, 5.74) is -0.0337. The number of carbonyl (C=O) groups is 3. The number of rotatable bonds is 7. The summed E-state index contributed by atoms with van der Waals surface area (Å²) >= 11 is 3.08. The Kier molecular flexibility index (Phi) is 6.80. The van der Waals surface area contributed by atoms with Crippen LogP contribution in [0.5, 0.6) is 0 Å². The minimum absolute atomic E-state index is 0.0449. The lowest BCUT2D eigenvalue weighted by Crippen LogP contribution is -2.30. The lowest BCUT2D eigenvalue weighted by molar-refractivity contribution is -0.384. The van der Waals surface area contributed by atoms with Crippen LogP contribution in [0.15, 0.2) is 75.4 Å². The average molecular weight is 500 g/mol. The SMILES string of the molecule is O=C(Nc1cccc(C(=O)O)c1)C(=Cc1cccc([N+](=O)[O-])c1)NC(=O)c1ccc(Br)o1. The molecule has 3 aromatic rings. The molecule has 0 aliphatic rings. The average Bonchev–Trinajstić information content (AvgIpc) is 3.20. The summed E-state index contributed by atoms with van der Waals surface area (Å²) in [6, 6.07) is 13.9. The van der Waals surface area contributed by atoms with Crippen LogP contribution in [0.4, 0.5) is 11.4 Å². The van der Waals surface area contributed by atoms with Gasteiger partial charge in [-0.3, -0.25) is 19.7 Å². The normalized spacial score (nSPS) is 11.0. The number of nitrogens with one attached hydrogen (secondary N) is 2. The molecule has 0 spiro atoms. The number of anilines is 1. The van der Waals surface area contributed by atoms with Crippen LogP contribution in [0, 0.1) is 10.1 Å². The van der Waals surface area contributed by atoms with E-state index in [-0.39, 0.29) is 34.0 Å². The summed E-state index contributed by atoms with van der Waals surface area (Å²) in [6.07, 6.45) is 1.25. The van der Waals surface area contributed by atoms with Crippen molar-refractivity contribution < 1.29 is 28.8 Å². The molecule has 32 heavy (non-hydrogen) atoms. The molecular formula is C21H14BrN3O7. The van der Waals surface area contributed by atoms with E-state index in [0.717, 1.165) is 0 Å². The molecule has 0 saturated heterocycles. The number of hydrogen-bond acceptors (Lipinski definition) is 6. The number of halogens is 1. The van der Waals surface area contributed by atoms with Crippen molar-refractivity contribution in [2.24, 2.45) is 0 Å². The Balaban J connectivity index is 1.93. The molecule has 0 saturated carbocycles. The maximum atomic E-state index is 12.9. The van der Waals surface area contributed by atoms with E-state index >= 15 is 0 Å². The molecule has 0 radical (unpaired) electrons. The van der Waals surface area contributed by atoms with E-state index in [4.69, 9.17) is 9.52 Å². The smallest absolute Gasteiger partial charge is 0.335 e. The Morgan fingerprint density at radius 2 is 1.81 bits per heavy atom. The van der Waals surface area contributed by atoms with E-state index < -0.39 is 22.7 Å². The summed E-state index contributed by atoms with van der Waals surface area (Å²) < 4.78 is 5.49. The van der Waals surface area contributed by atoms with Crippen LogP contribution < -0.4 is 10.6 Å². The van der Waals surface area contributed by atoms with Crippen molar-refractivity contribution in [1.82, 2.24) is 5.32 Å². The van der Waals surface area contributed by atoms with Gasteiger partial charge in [0.15, 0.2) is 10.4 Å². The Bertz CT molecular complexity index is 1250. The first-order chi connectivity index (χ1) is 15.2.